The minimum Gasteiger partial charge on any atom is -0.480 e. The normalized spacial score (nSPS) is 28.1. The lowest BCUT2D eigenvalue weighted by atomic mass is 10.0. The van der Waals surface area contributed by atoms with Gasteiger partial charge in [-0.05, 0) is 45.2 Å². The summed E-state index contributed by atoms with van der Waals surface area (Å²) < 4.78 is 0. The molecule has 0 aromatic carbocycles. The zero-order valence-electron chi connectivity index (χ0n) is 9.65. The van der Waals surface area contributed by atoms with Crippen molar-refractivity contribution in [3.05, 3.63) is 0 Å². The number of hydrogen-bond donors (Lipinski definition) is 2. The van der Waals surface area contributed by atoms with Crippen LogP contribution in [-0.2, 0) is 4.79 Å². The van der Waals surface area contributed by atoms with Crippen LogP contribution in [0, 0.1) is 5.92 Å². The van der Waals surface area contributed by atoms with Gasteiger partial charge >= 0.3 is 5.97 Å². The number of carbonyl (C=O) groups is 1. The molecule has 15 heavy (non-hydrogen) atoms. The predicted octanol–water partition coefficient (Wildman–Crippen LogP) is 0.909. The Balaban J connectivity index is 2.51. The van der Waals surface area contributed by atoms with Crippen LogP contribution in [0.3, 0.4) is 0 Å². The lowest BCUT2D eigenvalue weighted by molar-refractivity contribution is -0.140. The van der Waals surface area contributed by atoms with Gasteiger partial charge in [0.15, 0.2) is 0 Å². The van der Waals surface area contributed by atoms with Crippen molar-refractivity contribution in [1.82, 2.24) is 4.90 Å². The van der Waals surface area contributed by atoms with Gasteiger partial charge in [0.05, 0.1) is 0 Å². The smallest absolute Gasteiger partial charge is 0.322 e. The topological polar surface area (TPSA) is 66.6 Å². The summed E-state index contributed by atoms with van der Waals surface area (Å²) in [4.78, 5) is 13.0. The van der Waals surface area contributed by atoms with Crippen LogP contribution in [0.25, 0.3) is 0 Å². The number of aliphatic carboxylic acids is 1. The van der Waals surface area contributed by atoms with Crippen LogP contribution in [-0.4, -0.2) is 41.1 Å². The Kier molecular flexibility index (Phi) is 4.54. The molecule has 4 heteroatoms. The molecule has 88 valence electrons. The SMILES string of the molecule is CC1CCCN(C(C)C(N)C(=O)O)CC1. The van der Waals surface area contributed by atoms with Gasteiger partial charge < -0.3 is 10.8 Å². The number of hydrogen-bond acceptors (Lipinski definition) is 3. The summed E-state index contributed by atoms with van der Waals surface area (Å²) in [6.07, 6.45) is 3.54. The highest BCUT2D eigenvalue weighted by molar-refractivity contribution is 5.74. The van der Waals surface area contributed by atoms with Crippen molar-refractivity contribution in [3.63, 3.8) is 0 Å². The van der Waals surface area contributed by atoms with E-state index in [0.29, 0.717) is 0 Å². The van der Waals surface area contributed by atoms with E-state index in [0.717, 1.165) is 31.8 Å². The Labute approximate surface area is 91.4 Å². The first-order valence-electron chi connectivity index (χ1n) is 5.74. The average Bonchev–Trinajstić information content (AvgIpc) is 2.40. The zero-order valence-corrected chi connectivity index (χ0v) is 9.65. The van der Waals surface area contributed by atoms with Crippen molar-refractivity contribution >= 4 is 5.97 Å². The van der Waals surface area contributed by atoms with E-state index in [9.17, 15) is 4.79 Å². The number of nitrogens with two attached hydrogens (primary N) is 1. The van der Waals surface area contributed by atoms with Crippen molar-refractivity contribution in [2.45, 2.75) is 45.2 Å². The minimum atomic E-state index is -0.903. The molecule has 1 aliphatic heterocycles. The summed E-state index contributed by atoms with van der Waals surface area (Å²) in [5.74, 6) is -0.150. The fourth-order valence-electron chi connectivity index (χ4n) is 2.13. The molecule has 0 amide bonds. The number of carboxylic acid groups (broad SMARTS) is 1. The molecule has 0 aromatic rings. The summed E-state index contributed by atoms with van der Waals surface area (Å²) >= 11 is 0. The predicted molar refractivity (Wildman–Crippen MR) is 59.7 cm³/mol. The Morgan fingerprint density at radius 2 is 2.13 bits per heavy atom. The summed E-state index contributed by atoms with van der Waals surface area (Å²) in [6.45, 7) is 6.12. The van der Waals surface area contributed by atoms with E-state index in [-0.39, 0.29) is 6.04 Å². The summed E-state index contributed by atoms with van der Waals surface area (Å²) in [7, 11) is 0. The molecule has 0 bridgehead atoms. The van der Waals surface area contributed by atoms with E-state index in [1.807, 2.05) is 6.92 Å². The van der Waals surface area contributed by atoms with E-state index in [1.165, 1.54) is 6.42 Å². The second-order valence-corrected chi connectivity index (χ2v) is 4.68. The lowest BCUT2D eigenvalue weighted by Gasteiger charge is -2.30. The maximum atomic E-state index is 10.8. The average molecular weight is 214 g/mol. The summed E-state index contributed by atoms with van der Waals surface area (Å²) in [5, 5.41) is 8.85. The third-order valence-electron chi connectivity index (χ3n) is 3.43. The van der Waals surface area contributed by atoms with Crippen molar-refractivity contribution in [2.24, 2.45) is 11.7 Å². The van der Waals surface area contributed by atoms with Crippen LogP contribution in [0.1, 0.15) is 33.1 Å². The van der Waals surface area contributed by atoms with Gasteiger partial charge in [0, 0.05) is 6.04 Å². The molecule has 1 fully saturated rings. The van der Waals surface area contributed by atoms with Crippen LogP contribution in [0.4, 0.5) is 0 Å². The van der Waals surface area contributed by atoms with Crippen LogP contribution in [0.2, 0.25) is 0 Å². The Bertz CT molecular complexity index is 221. The minimum absolute atomic E-state index is 0.0622. The second kappa shape index (κ2) is 5.47. The van der Waals surface area contributed by atoms with Crippen LogP contribution < -0.4 is 5.73 Å². The van der Waals surface area contributed by atoms with Gasteiger partial charge in [0.25, 0.3) is 0 Å². The molecule has 3 atom stereocenters. The van der Waals surface area contributed by atoms with Crippen LogP contribution >= 0.6 is 0 Å². The molecule has 3 unspecified atom stereocenters. The molecule has 0 aromatic heterocycles. The molecule has 0 saturated carbocycles. The highest BCUT2D eigenvalue weighted by atomic mass is 16.4. The third-order valence-corrected chi connectivity index (χ3v) is 3.43. The van der Waals surface area contributed by atoms with Crippen molar-refractivity contribution in [3.8, 4) is 0 Å². The van der Waals surface area contributed by atoms with E-state index in [4.69, 9.17) is 10.8 Å². The fraction of sp³-hybridized carbons (Fsp3) is 0.909. The van der Waals surface area contributed by atoms with Crippen LogP contribution in [0.5, 0.6) is 0 Å². The van der Waals surface area contributed by atoms with Crippen molar-refractivity contribution < 1.29 is 9.90 Å². The maximum absolute atomic E-state index is 10.8. The first-order chi connectivity index (χ1) is 7.02. The molecule has 4 nitrogen and oxygen atoms in total. The summed E-state index contributed by atoms with van der Waals surface area (Å²) in [6, 6.07) is -0.828. The third kappa shape index (κ3) is 3.47. The quantitative estimate of drug-likeness (QED) is 0.733. The van der Waals surface area contributed by atoms with Gasteiger partial charge in [-0.15, -0.1) is 0 Å². The van der Waals surface area contributed by atoms with Gasteiger partial charge in [0.2, 0.25) is 0 Å². The first-order valence-corrected chi connectivity index (χ1v) is 5.74. The lowest BCUT2D eigenvalue weighted by Crippen LogP contribution is -2.50. The second-order valence-electron chi connectivity index (χ2n) is 4.68. The van der Waals surface area contributed by atoms with Crippen molar-refractivity contribution in [1.29, 1.82) is 0 Å². The molecule has 1 heterocycles. The highest BCUT2D eigenvalue weighted by Crippen LogP contribution is 2.18. The van der Waals surface area contributed by atoms with Gasteiger partial charge in [0.1, 0.15) is 6.04 Å². The monoisotopic (exact) mass is 214 g/mol. The van der Waals surface area contributed by atoms with Gasteiger partial charge in [-0.25, -0.2) is 0 Å². The zero-order chi connectivity index (χ0) is 11.4. The van der Waals surface area contributed by atoms with E-state index >= 15 is 0 Å². The molecule has 1 rings (SSSR count). The Hall–Kier alpha value is -0.610. The number of nitrogens with zero attached hydrogens (tertiary/aromatic N) is 1. The molecule has 0 spiro atoms. The molecule has 1 aliphatic rings. The van der Waals surface area contributed by atoms with E-state index < -0.39 is 12.0 Å². The Morgan fingerprint density at radius 3 is 2.73 bits per heavy atom. The summed E-state index contributed by atoms with van der Waals surface area (Å²) in [5.41, 5.74) is 5.64. The maximum Gasteiger partial charge on any atom is 0.322 e. The molecular weight excluding hydrogens is 192 g/mol. The molecule has 0 aliphatic carbocycles. The molecule has 1 saturated heterocycles. The van der Waals surface area contributed by atoms with E-state index in [2.05, 4.69) is 11.8 Å². The molecule has 3 N–H and O–H groups in total. The highest BCUT2D eigenvalue weighted by Gasteiger charge is 2.26. The van der Waals surface area contributed by atoms with Crippen LogP contribution in [0.15, 0.2) is 0 Å². The fourth-order valence-corrected chi connectivity index (χ4v) is 2.13. The standard InChI is InChI=1S/C11H22N2O2/c1-8-4-3-6-13(7-5-8)9(2)10(12)11(14)15/h8-10H,3-7,12H2,1-2H3,(H,14,15). The van der Waals surface area contributed by atoms with Gasteiger partial charge in [-0.2, -0.15) is 0 Å². The van der Waals surface area contributed by atoms with Crippen molar-refractivity contribution in [2.75, 3.05) is 13.1 Å². The number of rotatable bonds is 3. The van der Waals surface area contributed by atoms with Gasteiger partial charge in [-0.1, -0.05) is 6.92 Å². The molecular formula is C11H22N2O2. The van der Waals surface area contributed by atoms with Gasteiger partial charge in [-0.3, -0.25) is 9.69 Å². The number of carboxylic acids is 1. The van der Waals surface area contributed by atoms with E-state index in [1.54, 1.807) is 0 Å². The number of likely N-dealkylation sites (tertiary alicyclic amines) is 1. The first kappa shape index (κ1) is 12.5. The molecule has 0 radical (unpaired) electrons. The largest absolute Gasteiger partial charge is 0.480 e. The Morgan fingerprint density at radius 1 is 1.47 bits per heavy atom.